The molecule has 0 unspecified atom stereocenters. The fourth-order valence-corrected chi connectivity index (χ4v) is 3.43. The van der Waals surface area contributed by atoms with Crippen molar-refractivity contribution in [2.24, 2.45) is 0 Å². The lowest BCUT2D eigenvalue weighted by molar-refractivity contribution is 0.220. The number of hydrogen-bond donors (Lipinski definition) is 0. The van der Waals surface area contributed by atoms with Gasteiger partial charge in [0.1, 0.15) is 0 Å². The first-order chi connectivity index (χ1) is 9.53. The number of hydrogen-bond acceptors (Lipinski definition) is 4. The van der Waals surface area contributed by atoms with Crippen molar-refractivity contribution in [1.29, 1.82) is 0 Å². The summed E-state index contributed by atoms with van der Waals surface area (Å²) in [7, 11) is -3.16. The highest BCUT2D eigenvalue weighted by Crippen LogP contribution is 2.55. The molecule has 0 atom stereocenters. The Morgan fingerprint density at radius 2 is 1.45 bits per heavy atom. The van der Waals surface area contributed by atoms with E-state index in [0.29, 0.717) is 25.1 Å². The average Bonchev–Trinajstić information content (AvgIpc) is 2.42. The van der Waals surface area contributed by atoms with Gasteiger partial charge < -0.3 is 9.05 Å². The summed E-state index contributed by atoms with van der Waals surface area (Å²) in [6, 6.07) is 0. The second-order valence-electron chi connectivity index (χ2n) is 4.88. The molecular formula is C15H32NO3P. The molecule has 0 spiro atoms. The van der Waals surface area contributed by atoms with E-state index in [1.165, 1.54) is 0 Å². The van der Waals surface area contributed by atoms with Crippen LogP contribution in [0.2, 0.25) is 0 Å². The average molecular weight is 305 g/mol. The minimum atomic E-state index is -3.16. The van der Waals surface area contributed by atoms with Crippen molar-refractivity contribution in [3.05, 3.63) is 11.9 Å². The van der Waals surface area contributed by atoms with Gasteiger partial charge in [0.2, 0.25) is 0 Å². The maximum absolute atomic E-state index is 12.6. The fraction of sp³-hybridized carbons (Fsp3) is 0.867. The molecule has 0 heterocycles. The molecule has 120 valence electrons. The zero-order valence-corrected chi connectivity index (χ0v) is 14.6. The van der Waals surface area contributed by atoms with Gasteiger partial charge in [-0.2, -0.15) is 0 Å². The summed E-state index contributed by atoms with van der Waals surface area (Å²) in [6.07, 6.45) is 4.60. The lowest BCUT2D eigenvalue weighted by Gasteiger charge is -2.26. The van der Waals surface area contributed by atoms with E-state index in [9.17, 15) is 4.57 Å². The van der Waals surface area contributed by atoms with Crippen molar-refractivity contribution < 1.29 is 13.6 Å². The Morgan fingerprint density at radius 3 is 1.80 bits per heavy atom. The van der Waals surface area contributed by atoms with E-state index in [1.54, 1.807) is 0 Å². The molecule has 0 aromatic rings. The third kappa shape index (κ3) is 7.58. The van der Waals surface area contributed by atoms with E-state index < -0.39 is 7.60 Å². The van der Waals surface area contributed by atoms with Crippen LogP contribution >= 0.6 is 7.60 Å². The van der Waals surface area contributed by atoms with Gasteiger partial charge in [-0.15, -0.1) is 0 Å². The summed E-state index contributed by atoms with van der Waals surface area (Å²) in [5, 5.41) is 0.577. The van der Waals surface area contributed by atoms with E-state index in [2.05, 4.69) is 25.3 Å². The summed E-state index contributed by atoms with van der Waals surface area (Å²) < 4.78 is 23.3. The second-order valence-corrected chi connectivity index (χ2v) is 7.03. The predicted molar refractivity (Wildman–Crippen MR) is 86.3 cm³/mol. The Morgan fingerprint density at radius 1 is 1.00 bits per heavy atom. The van der Waals surface area contributed by atoms with Gasteiger partial charge in [0, 0.05) is 11.9 Å². The van der Waals surface area contributed by atoms with Crippen LogP contribution in [-0.4, -0.2) is 37.7 Å². The van der Waals surface area contributed by atoms with Crippen molar-refractivity contribution in [2.45, 2.75) is 53.4 Å². The first kappa shape index (κ1) is 19.9. The van der Waals surface area contributed by atoms with Crippen molar-refractivity contribution in [2.75, 3.05) is 32.8 Å². The van der Waals surface area contributed by atoms with Gasteiger partial charge in [-0.3, -0.25) is 9.46 Å². The fourth-order valence-electron chi connectivity index (χ4n) is 1.94. The van der Waals surface area contributed by atoms with E-state index in [1.807, 2.05) is 13.8 Å². The molecule has 0 amide bonds. The Labute approximate surface area is 125 Å². The molecule has 5 heteroatoms. The normalized spacial score (nSPS) is 12.1. The van der Waals surface area contributed by atoms with Crippen LogP contribution in [0, 0.1) is 0 Å². The minimum Gasteiger partial charge on any atom is -0.306 e. The van der Waals surface area contributed by atoms with Crippen molar-refractivity contribution >= 4 is 7.60 Å². The summed E-state index contributed by atoms with van der Waals surface area (Å²) >= 11 is 0. The van der Waals surface area contributed by atoms with Crippen molar-refractivity contribution in [1.82, 2.24) is 4.90 Å². The monoisotopic (exact) mass is 305 g/mol. The van der Waals surface area contributed by atoms with Gasteiger partial charge in [-0.25, -0.2) is 0 Å². The SMILES string of the molecule is C=C(CN(CCCC)CCCC)P(=O)(OCC)OCC. The lowest BCUT2D eigenvalue weighted by atomic mass is 10.2. The number of rotatable bonds is 13. The van der Waals surface area contributed by atoms with Crippen LogP contribution in [0.25, 0.3) is 0 Å². The highest BCUT2D eigenvalue weighted by atomic mass is 31.2. The Balaban J connectivity index is 4.63. The van der Waals surface area contributed by atoms with Gasteiger partial charge in [-0.1, -0.05) is 33.3 Å². The Hall–Kier alpha value is -0.150. The van der Waals surface area contributed by atoms with Gasteiger partial charge in [0.25, 0.3) is 0 Å². The van der Waals surface area contributed by atoms with Gasteiger partial charge in [0.05, 0.1) is 13.2 Å². The molecule has 0 aliphatic rings. The molecule has 0 aliphatic carbocycles. The molecule has 0 N–H and O–H groups in total. The van der Waals surface area contributed by atoms with E-state index in [0.717, 1.165) is 38.8 Å². The van der Waals surface area contributed by atoms with Crippen LogP contribution in [-0.2, 0) is 13.6 Å². The zero-order valence-electron chi connectivity index (χ0n) is 13.7. The number of unbranched alkanes of at least 4 members (excludes halogenated alkanes) is 2. The minimum absolute atomic E-state index is 0.375. The quantitative estimate of drug-likeness (QED) is 0.464. The molecule has 0 radical (unpaired) electrons. The molecule has 0 rings (SSSR count). The van der Waals surface area contributed by atoms with Crippen LogP contribution in [0.5, 0.6) is 0 Å². The van der Waals surface area contributed by atoms with Crippen molar-refractivity contribution in [3.63, 3.8) is 0 Å². The standard InChI is InChI=1S/C15H32NO3P/c1-6-10-12-16(13-11-7-2)14-15(5)20(17,18-8-3)19-9-4/h5-14H2,1-4H3. The van der Waals surface area contributed by atoms with Gasteiger partial charge >= 0.3 is 7.60 Å². The number of nitrogens with zero attached hydrogens (tertiary/aromatic N) is 1. The topological polar surface area (TPSA) is 38.8 Å². The molecule has 0 saturated heterocycles. The molecule has 4 nitrogen and oxygen atoms in total. The van der Waals surface area contributed by atoms with Crippen molar-refractivity contribution in [3.8, 4) is 0 Å². The lowest BCUT2D eigenvalue weighted by Crippen LogP contribution is -2.28. The first-order valence-electron chi connectivity index (χ1n) is 7.83. The highest BCUT2D eigenvalue weighted by Gasteiger charge is 2.28. The molecular weight excluding hydrogens is 273 g/mol. The maximum atomic E-state index is 12.6. The van der Waals surface area contributed by atoms with Crippen LogP contribution in [0.4, 0.5) is 0 Å². The molecule has 0 aromatic heterocycles. The smallest absolute Gasteiger partial charge is 0.306 e. The van der Waals surface area contributed by atoms with Crippen LogP contribution < -0.4 is 0 Å². The molecule has 0 aliphatic heterocycles. The zero-order chi connectivity index (χ0) is 15.4. The van der Waals surface area contributed by atoms with E-state index >= 15 is 0 Å². The van der Waals surface area contributed by atoms with E-state index in [4.69, 9.17) is 9.05 Å². The summed E-state index contributed by atoms with van der Waals surface area (Å²) in [5.74, 6) is 0. The Kier molecular flexibility index (Phi) is 11.4. The Bertz CT molecular complexity index is 289. The first-order valence-corrected chi connectivity index (χ1v) is 9.38. The predicted octanol–water partition coefficient (Wildman–Crippen LogP) is 4.67. The molecule has 20 heavy (non-hydrogen) atoms. The van der Waals surface area contributed by atoms with E-state index in [-0.39, 0.29) is 0 Å². The van der Waals surface area contributed by atoms with Crippen LogP contribution in [0.3, 0.4) is 0 Å². The summed E-state index contributed by atoms with van der Waals surface area (Å²) in [4.78, 5) is 2.31. The third-order valence-electron chi connectivity index (χ3n) is 3.05. The van der Waals surface area contributed by atoms with Crippen LogP contribution in [0.1, 0.15) is 53.4 Å². The summed E-state index contributed by atoms with van der Waals surface area (Å²) in [6.45, 7) is 15.3. The molecule has 0 aromatic carbocycles. The second kappa shape index (κ2) is 11.5. The summed E-state index contributed by atoms with van der Waals surface area (Å²) in [5.41, 5.74) is 0. The largest absolute Gasteiger partial charge is 0.358 e. The third-order valence-corrected chi connectivity index (χ3v) is 5.16. The molecule has 0 saturated carbocycles. The molecule has 0 fully saturated rings. The van der Waals surface area contributed by atoms with Crippen LogP contribution in [0.15, 0.2) is 11.9 Å². The maximum Gasteiger partial charge on any atom is 0.358 e. The van der Waals surface area contributed by atoms with Gasteiger partial charge in [0.15, 0.2) is 0 Å². The highest BCUT2D eigenvalue weighted by molar-refractivity contribution is 7.58. The van der Waals surface area contributed by atoms with Gasteiger partial charge in [-0.05, 0) is 39.8 Å². The molecule has 0 bridgehead atoms.